The van der Waals surface area contributed by atoms with Gasteiger partial charge in [0.05, 0.1) is 6.21 Å². The third kappa shape index (κ3) is 2.11. The van der Waals surface area contributed by atoms with E-state index in [-0.39, 0.29) is 5.96 Å². The molecule has 0 aromatic carbocycles. The summed E-state index contributed by atoms with van der Waals surface area (Å²) in [6, 6.07) is 0. The molecule has 0 saturated carbocycles. The summed E-state index contributed by atoms with van der Waals surface area (Å²) in [7, 11) is 0. The van der Waals surface area contributed by atoms with Crippen LogP contribution < -0.4 is 11.5 Å². The molecule has 0 atom stereocenters. The molecule has 4 N–H and O–H groups in total. The highest BCUT2D eigenvalue weighted by Gasteiger charge is 2.14. The minimum Gasteiger partial charge on any atom is -0.369 e. The van der Waals surface area contributed by atoms with Crippen LogP contribution in [0.2, 0.25) is 5.15 Å². The Balaban J connectivity index is 2.56. The maximum atomic E-state index is 6.02. The topological polar surface area (TPSA) is 94.1 Å². The third-order valence-electron chi connectivity index (χ3n) is 2.28. The normalized spacial score (nSPS) is 11.5. The van der Waals surface area contributed by atoms with Crippen LogP contribution in [0.1, 0.15) is 16.3 Å². The molecule has 0 bridgehead atoms. The smallest absolute Gasteiger partial charge is 0.211 e. The van der Waals surface area contributed by atoms with E-state index in [9.17, 15) is 0 Å². The molecule has 90 valence electrons. The number of halogens is 1. The Kier molecular flexibility index (Phi) is 3.03. The van der Waals surface area contributed by atoms with Crippen LogP contribution in [0.3, 0.4) is 0 Å². The van der Waals surface area contributed by atoms with Crippen LogP contribution in [0.4, 0.5) is 0 Å². The number of guanidine groups is 1. The van der Waals surface area contributed by atoms with Gasteiger partial charge < -0.3 is 11.5 Å². The molecule has 2 aromatic heterocycles. The number of nitrogens with zero attached hydrogens (tertiary/aromatic N) is 4. The van der Waals surface area contributed by atoms with E-state index in [1.54, 1.807) is 11.3 Å². The molecule has 2 aromatic rings. The van der Waals surface area contributed by atoms with Crippen molar-refractivity contribution >= 4 is 40.1 Å². The van der Waals surface area contributed by atoms with Crippen molar-refractivity contribution in [3.05, 3.63) is 21.4 Å². The Hall–Kier alpha value is -1.60. The second-order valence-corrected chi connectivity index (χ2v) is 4.96. The van der Waals surface area contributed by atoms with Gasteiger partial charge in [-0.3, -0.25) is 4.40 Å². The average Bonchev–Trinajstić information content (AvgIpc) is 2.66. The fourth-order valence-corrected chi connectivity index (χ4v) is 2.65. The lowest BCUT2D eigenvalue weighted by Gasteiger charge is -1.95. The lowest BCUT2D eigenvalue weighted by Crippen LogP contribution is -2.21. The fourth-order valence-electron chi connectivity index (χ4n) is 1.41. The molecular weight excluding hydrogens is 260 g/mol. The molecular formula is C9H11ClN6S. The van der Waals surface area contributed by atoms with Crippen LogP contribution >= 0.6 is 22.9 Å². The van der Waals surface area contributed by atoms with Crippen molar-refractivity contribution in [3.8, 4) is 0 Å². The average molecular weight is 271 g/mol. The van der Waals surface area contributed by atoms with E-state index in [0.717, 1.165) is 10.7 Å². The maximum absolute atomic E-state index is 6.02. The van der Waals surface area contributed by atoms with Gasteiger partial charge in [0.1, 0.15) is 5.69 Å². The van der Waals surface area contributed by atoms with Crippen LogP contribution in [0, 0.1) is 13.8 Å². The maximum Gasteiger partial charge on any atom is 0.211 e. The molecule has 0 aliphatic carbocycles. The van der Waals surface area contributed by atoms with Gasteiger partial charge in [-0.25, -0.2) is 4.98 Å². The van der Waals surface area contributed by atoms with Gasteiger partial charge in [0.2, 0.25) is 5.96 Å². The molecule has 6 nitrogen and oxygen atoms in total. The molecule has 0 fully saturated rings. The van der Waals surface area contributed by atoms with E-state index >= 15 is 0 Å². The van der Waals surface area contributed by atoms with Gasteiger partial charge in [-0.2, -0.15) is 5.10 Å². The first kappa shape index (κ1) is 11.9. The van der Waals surface area contributed by atoms with Crippen molar-refractivity contribution in [1.29, 1.82) is 0 Å². The Morgan fingerprint density at radius 2 is 2.18 bits per heavy atom. The first-order valence-electron chi connectivity index (χ1n) is 4.76. The highest BCUT2D eigenvalue weighted by molar-refractivity contribution is 7.17. The number of aromatic nitrogens is 2. The standard InChI is InChI=1S/C9H11ClN6S/c1-4-5(2)17-9-14-7(10)6(16(4)9)3-13-15-8(11)12/h3H,1-2H3,(H4,11,12,15)/b13-3+. The van der Waals surface area contributed by atoms with Crippen molar-refractivity contribution in [2.45, 2.75) is 13.8 Å². The Labute approximate surface area is 107 Å². The highest BCUT2D eigenvalue weighted by atomic mass is 35.5. The quantitative estimate of drug-likeness (QED) is 0.489. The van der Waals surface area contributed by atoms with Crippen molar-refractivity contribution in [3.63, 3.8) is 0 Å². The van der Waals surface area contributed by atoms with Gasteiger partial charge in [0.25, 0.3) is 0 Å². The molecule has 2 heterocycles. The number of hydrogen-bond acceptors (Lipinski definition) is 4. The second-order valence-electron chi connectivity index (χ2n) is 3.42. The van der Waals surface area contributed by atoms with E-state index < -0.39 is 0 Å². The molecule has 0 spiro atoms. The van der Waals surface area contributed by atoms with Crippen molar-refractivity contribution in [1.82, 2.24) is 9.38 Å². The number of fused-ring (bicyclic) bond motifs is 1. The monoisotopic (exact) mass is 270 g/mol. The van der Waals surface area contributed by atoms with Crippen LogP contribution in [0.5, 0.6) is 0 Å². The Morgan fingerprint density at radius 1 is 1.47 bits per heavy atom. The van der Waals surface area contributed by atoms with Gasteiger partial charge in [-0.05, 0) is 13.8 Å². The summed E-state index contributed by atoms with van der Waals surface area (Å²) in [6.07, 6.45) is 1.49. The first-order valence-corrected chi connectivity index (χ1v) is 5.96. The van der Waals surface area contributed by atoms with Gasteiger partial charge in [0, 0.05) is 10.6 Å². The van der Waals surface area contributed by atoms with Gasteiger partial charge in [0.15, 0.2) is 10.1 Å². The zero-order chi connectivity index (χ0) is 12.6. The lowest BCUT2D eigenvalue weighted by molar-refractivity contribution is 1.09. The van der Waals surface area contributed by atoms with E-state index in [0.29, 0.717) is 10.8 Å². The second kappa shape index (κ2) is 4.34. The summed E-state index contributed by atoms with van der Waals surface area (Å²) in [5.74, 6) is -0.101. The Bertz CT molecular complexity index is 619. The first-order chi connectivity index (χ1) is 8.00. The van der Waals surface area contributed by atoms with Gasteiger partial charge in [-0.15, -0.1) is 16.4 Å². The molecule has 0 aliphatic rings. The summed E-state index contributed by atoms with van der Waals surface area (Å²) in [4.78, 5) is 6.25. The molecule has 0 amide bonds. The van der Waals surface area contributed by atoms with Crippen molar-refractivity contribution in [2.75, 3.05) is 0 Å². The summed E-state index contributed by atoms with van der Waals surface area (Å²) in [6.45, 7) is 4.02. The van der Waals surface area contributed by atoms with E-state index in [1.807, 2.05) is 18.2 Å². The fraction of sp³-hybridized carbons (Fsp3) is 0.222. The molecule has 2 rings (SSSR count). The van der Waals surface area contributed by atoms with Crippen molar-refractivity contribution < 1.29 is 0 Å². The summed E-state index contributed by atoms with van der Waals surface area (Å²) >= 11 is 7.60. The summed E-state index contributed by atoms with van der Waals surface area (Å²) in [5, 5.41) is 7.66. The molecule has 0 saturated heterocycles. The summed E-state index contributed by atoms with van der Waals surface area (Å²) in [5.41, 5.74) is 12.1. The van der Waals surface area contributed by atoms with E-state index in [2.05, 4.69) is 15.2 Å². The van der Waals surface area contributed by atoms with Crippen molar-refractivity contribution in [2.24, 2.45) is 21.7 Å². The zero-order valence-electron chi connectivity index (χ0n) is 9.31. The van der Waals surface area contributed by atoms with Crippen LogP contribution in [0.25, 0.3) is 4.96 Å². The summed E-state index contributed by atoms with van der Waals surface area (Å²) < 4.78 is 1.92. The molecule has 0 unspecified atom stereocenters. The zero-order valence-corrected chi connectivity index (χ0v) is 10.9. The van der Waals surface area contributed by atoms with Crippen LogP contribution in [0.15, 0.2) is 10.2 Å². The predicted octanol–water partition coefficient (Wildman–Crippen LogP) is 1.27. The minimum absolute atomic E-state index is 0.101. The number of rotatable bonds is 2. The molecule has 0 radical (unpaired) electrons. The molecule has 8 heteroatoms. The SMILES string of the molecule is Cc1sc2nc(Cl)c(/C=N/N=C(N)N)n2c1C. The van der Waals surface area contributed by atoms with Gasteiger partial charge in [-0.1, -0.05) is 11.6 Å². The highest BCUT2D eigenvalue weighted by Crippen LogP contribution is 2.26. The Morgan fingerprint density at radius 3 is 2.82 bits per heavy atom. The third-order valence-corrected chi connectivity index (χ3v) is 3.62. The largest absolute Gasteiger partial charge is 0.369 e. The van der Waals surface area contributed by atoms with Crippen LogP contribution in [-0.4, -0.2) is 21.6 Å². The van der Waals surface area contributed by atoms with E-state index in [4.69, 9.17) is 23.1 Å². The number of thiazole rings is 1. The lowest BCUT2D eigenvalue weighted by atomic mass is 10.4. The molecule has 0 aliphatic heterocycles. The number of imidazole rings is 1. The minimum atomic E-state index is -0.101. The molecule has 17 heavy (non-hydrogen) atoms. The van der Waals surface area contributed by atoms with Crippen LogP contribution in [-0.2, 0) is 0 Å². The predicted molar refractivity (Wildman–Crippen MR) is 71.0 cm³/mol. The van der Waals surface area contributed by atoms with E-state index in [1.165, 1.54) is 11.1 Å². The number of aryl methyl sites for hydroxylation is 2. The number of hydrogen-bond donors (Lipinski definition) is 2. The van der Waals surface area contributed by atoms with Gasteiger partial charge >= 0.3 is 0 Å². The number of nitrogens with two attached hydrogens (primary N) is 2.